The Balaban J connectivity index is -0.000000845. The van der Waals surface area contributed by atoms with E-state index < -0.39 is 27.8 Å². The maximum atomic E-state index is 10.6. The average molecular weight is 281 g/mol. The largest absolute Gasteiger partial charge is 0.344 e. The SMILES string of the molecule is CC(C)N(CP(=O)(O)O)CP(=O)(O)O.N.N. The zero-order chi connectivity index (χ0) is 11.6. The fourth-order valence-electron chi connectivity index (χ4n) is 0.845. The van der Waals surface area contributed by atoms with Crippen LogP contribution in [-0.4, -0.2) is 43.1 Å². The maximum absolute atomic E-state index is 10.6. The van der Waals surface area contributed by atoms with Crippen LogP contribution in [0.2, 0.25) is 0 Å². The molecule has 10 N–H and O–H groups in total. The maximum Gasteiger partial charge on any atom is 0.339 e. The Hall–Kier alpha value is 0.180. The minimum atomic E-state index is -4.28. The van der Waals surface area contributed by atoms with Gasteiger partial charge in [-0.25, -0.2) is 0 Å². The molecule has 0 saturated heterocycles. The van der Waals surface area contributed by atoms with Gasteiger partial charge in [0, 0.05) is 6.04 Å². The average Bonchev–Trinajstić information content (AvgIpc) is 1.78. The molecule has 0 radical (unpaired) electrons. The molecule has 102 valence electrons. The van der Waals surface area contributed by atoms with Gasteiger partial charge in [0.1, 0.15) is 12.6 Å². The third kappa shape index (κ3) is 12.3. The Labute approximate surface area is 94.3 Å². The summed E-state index contributed by atoms with van der Waals surface area (Å²) in [5, 5.41) is 0. The van der Waals surface area contributed by atoms with Gasteiger partial charge in [-0.1, -0.05) is 0 Å². The summed E-state index contributed by atoms with van der Waals surface area (Å²) in [5.74, 6) is 0. The number of hydrogen-bond acceptors (Lipinski definition) is 5. The first-order valence-electron chi connectivity index (χ1n) is 3.84. The van der Waals surface area contributed by atoms with Crippen molar-refractivity contribution in [1.82, 2.24) is 17.2 Å². The van der Waals surface area contributed by atoms with Crippen LogP contribution < -0.4 is 12.3 Å². The van der Waals surface area contributed by atoms with E-state index in [9.17, 15) is 9.13 Å². The van der Waals surface area contributed by atoms with Crippen molar-refractivity contribution in [3.63, 3.8) is 0 Å². The Morgan fingerprint density at radius 1 is 0.938 bits per heavy atom. The van der Waals surface area contributed by atoms with Gasteiger partial charge < -0.3 is 31.9 Å². The van der Waals surface area contributed by atoms with E-state index in [1.807, 2.05) is 0 Å². The third-order valence-corrected chi connectivity index (χ3v) is 2.93. The summed E-state index contributed by atoms with van der Waals surface area (Å²) in [4.78, 5) is 35.7. The van der Waals surface area contributed by atoms with Gasteiger partial charge in [0.15, 0.2) is 0 Å². The van der Waals surface area contributed by atoms with Crippen LogP contribution in [-0.2, 0) is 9.13 Å². The molecule has 0 unspecified atom stereocenters. The molecule has 0 amide bonds. The van der Waals surface area contributed by atoms with E-state index in [1.165, 1.54) is 0 Å². The van der Waals surface area contributed by atoms with Gasteiger partial charge in [-0.05, 0) is 13.8 Å². The second-order valence-electron chi connectivity index (χ2n) is 3.29. The van der Waals surface area contributed by atoms with Crippen LogP contribution in [0.25, 0.3) is 0 Å². The van der Waals surface area contributed by atoms with Crippen molar-refractivity contribution >= 4 is 15.2 Å². The first-order valence-corrected chi connectivity index (χ1v) is 7.44. The van der Waals surface area contributed by atoms with Gasteiger partial charge in [-0.15, -0.1) is 0 Å². The minimum Gasteiger partial charge on any atom is -0.344 e. The quantitative estimate of drug-likeness (QED) is 0.384. The van der Waals surface area contributed by atoms with E-state index >= 15 is 0 Å². The van der Waals surface area contributed by atoms with Crippen LogP contribution in [0.4, 0.5) is 0 Å². The summed E-state index contributed by atoms with van der Waals surface area (Å²) in [6, 6.07) is -0.338. The van der Waals surface area contributed by atoms with E-state index in [0.717, 1.165) is 4.90 Å². The number of rotatable bonds is 5. The van der Waals surface area contributed by atoms with Gasteiger partial charge in [0.05, 0.1) is 0 Å². The molecule has 16 heavy (non-hydrogen) atoms. The lowest BCUT2D eigenvalue weighted by atomic mass is 10.4. The Kier molecular flexibility index (Phi) is 10.1. The van der Waals surface area contributed by atoms with Crippen LogP contribution in [0.3, 0.4) is 0 Å². The molecule has 0 atom stereocenters. The van der Waals surface area contributed by atoms with Gasteiger partial charge in [0.25, 0.3) is 0 Å². The molecule has 0 spiro atoms. The van der Waals surface area contributed by atoms with Crippen molar-refractivity contribution < 1.29 is 28.7 Å². The molecule has 0 aromatic rings. The topological polar surface area (TPSA) is 188 Å². The lowest BCUT2D eigenvalue weighted by molar-refractivity contribution is 0.241. The zero-order valence-electron chi connectivity index (χ0n) is 9.35. The summed E-state index contributed by atoms with van der Waals surface area (Å²) >= 11 is 0. The van der Waals surface area contributed by atoms with E-state index in [2.05, 4.69) is 0 Å². The van der Waals surface area contributed by atoms with Crippen LogP contribution >= 0.6 is 15.2 Å². The first kappa shape index (κ1) is 21.5. The van der Waals surface area contributed by atoms with Crippen LogP contribution in [0.5, 0.6) is 0 Å². The van der Waals surface area contributed by atoms with Crippen molar-refractivity contribution in [2.75, 3.05) is 12.6 Å². The van der Waals surface area contributed by atoms with Crippen molar-refractivity contribution in [2.45, 2.75) is 19.9 Å². The van der Waals surface area contributed by atoms with Crippen molar-refractivity contribution in [3.05, 3.63) is 0 Å². The molecule has 9 nitrogen and oxygen atoms in total. The zero-order valence-corrected chi connectivity index (χ0v) is 11.1. The third-order valence-electron chi connectivity index (χ3n) is 1.46. The molecule has 11 heteroatoms. The summed E-state index contributed by atoms with van der Waals surface area (Å²) in [6.07, 6.45) is -1.29. The predicted octanol–water partition coefficient (Wildman–Crippen LogP) is 0.291. The van der Waals surface area contributed by atoms with E-state index in [0.29, 0.717) is 0 Å². The van der Waals surface area contributed by atoms with Crippen LogP contribution in [0, 0.1) is 0 Å². The lowest BCUT2D eigenvalue weighted by Crippen LogP contribution is -2.32. The highest BCUT2D eigenvalue weighted by molar-refractivity contribution is 7.52. The second-order valence-corrected chi connectivity index (χ2v) is 6.52. The van der Waals surface area contributed by atoms with Gasteiger partial charge in [0.2, 0.25) is 0 Å². The Bertz CT molecular complexity index is 249. The molecule has 0 aromatic heterocycles. The molecular weight excluding hydrogens is 260 g/mol. The van der Waals surface area contributed by atoms with Crippen molar-refractivity contribution in [2.24, 2.45) is 0 Å². The van der Waals surface area contributed by atoms with Gasteiger partial charge >= 0.3 is 15.2 Å². The monoisotopic (exact) mass is 281 g/mol. The van der Waals surface area contributed by atoms with Crippen molar-refractivity contribution in [1.29, 1.82) is 0 Å². The molecule has 0 fully saturated rings. The molecule has 0 rings (SSSR count). The smallest absolute Gasteiger partial charge is 0.339 e. The second kappa shape index (κ2) is 7.50. The summed E-state index contributed by atoms with van der Waals surface area (Å²) in [7, 11) is -8.56. The van der Waals surface area contributed by atoms with Gasteiger partial charge in [-0.3, -0.25) is 14.0 Å². The minimum absolute atomic E-state index is 0. The summed E-state index contributed by atoms with van der Waals surface area (Å²) in [5.41, 5.74) is 0. The summed E-state index contributed by atoms with van der Waals surface area (Å²) < 4.78 is 21.3. The highest BCUT2D eigenvalue weighted by atomic mass is 31.2. The molecule has 0 aliphatic rings. The van der Waals surface area contributed by atoms with Crippen LogP contribution in [0.1, 0.15) is 13.8 Å². The first-order chi connectivity index (χ1) is 6.01. The Morgan fingerprint density at radius 3 is 1.31 bits per heavy atom. The fraction of sp³-hybridized carbons (Fsp3) is 1.00. The van der Waals surface area contributed by atoms with E-state index in [1.54, 1.807) is 13.8 Å². The molecule has 0 bridgehead atoms. The molecule has 0 aliphatic heterocycles. The summed E-state index contributed by atoms with van der Waals surface area (Å²) in [6.45, 7) is 3.20. The highest BCUT2D eigenvalue weighted by Crippen LogP contribution is 2.41. The molecule has 0 heterocycles. The van der Waals surface area contributed by atoms with E-state index in [4.69, 9.17) is 19.6 Å². The standard InChI is InChI=1S/C5H15NO6P2.2H3N/c1-5(2)6(3-13(7,8)9)4-14(10,11)12;;/h5H,3-4H2,1-2H3,(H2,7,8,9)(H2,10,11,12);2*1H3. The fourth-order valence-corrected chi connectivity index (χ4v) is 2.80. The molecule has 0 aliphatic carbocycles. The number of nitrogens with zero attached hydrogens (tertiary/aromatic N) is 1. The Morgan fingerprint density at radius 2 is 1.19 bits per heavy atom. The lowest BCUT2D eigenvalue weighted by Gasteiger charge is -2.26. The molecule has 0 saturated carbocycles. The predicted molar refractivity (Wildman–Crippen MR) is 60.8 cm³/mol. The van der Waals surface area contributed by atoms with Crippen LogP contribution in [0.15, 0.2) is 0 Å². The van der Waals surface area contributed by atoms with E-state index in [-0.39, 0.29) is 18.3 Å². The molecular formula is C5H21N3O6P2. The van der Waals surface area contributed by atoms with Gasteiger partial charge in [-0.2, -0.15) is 0 Å². The molecule has 0 aromatic carbocycles. The number of hydrogen-bond donors (Lipinski definition) is 6. The highest BCUT2D eigenvalue weighted by Gasteiger charge is 2.27. The normalized spacial score (nSPS) is 12.2. The van der Waals surface area contributed by atoms with Crippen molar-refractivity contribution in [3.8, 4) is 0 Å².